The molecule has 0 unspecified atom stereocenters. The fourth-order valence-corrected chi connectivity index (χ4v) is 1.98. The van der Waals surface area contributed by atoms with Crippen LogP contribution in [0, 0.1) is 0 Å². The third-order valence-corrected chi connectivity index (χ3v) is 2.80. The van der Waals surface area contributed by atoms with Crippen LogP contribution < -0.4 is 9.59 Å². The first-order valence-electron chi connectivity index (χ1n) is 5.67. The van der Waals surface area contributed by atoms with Crippen molar-refractivity contribution in [3.05, 3.63) is 48.5 Å². The van der Waals surface area contributed by atoms with Crippen LogP contribution in [0.2, 0.25) is 0 Å². The largest absolute Gasteiger partial charge is 0.872 e. The van der Waals surface area contributed by atoms with Crippen LogP contribution in [0.4, 0.5) is 5.69 Å². The predicted octanol–water partition coefficient (Wildman–Crippen LogP) is 2.62. The summed E-state index contributed by atoms with van der Waals surface area (Å²) in [6, 6.07) is 15.2. The molecule has 0 aliphatic rings. The van der Waals surface area contributed by atoms with Crippen LogP contribution in [0.3, 0.4) is 0 Å². The number of hydrogen-bond donors (Lipinski definition) is 0. The minimum Gasteiger partial charge on any atom is -0.872 e. The van der Waals surface area contributed by atoms with Gasteiger partial charge in [0.2, 0.25) is 0 Å². The van der Waals surface area contributed by atoms with Gasteiger partial charge in [0.25, 0.3) is 0 Å². The Morgan fingerprint density at radius 3 is 1.88 bits per heavy atom. The second-order valence-electron chi connectivity index (χ2n) is 5.03. The zero-order valence-corrected chi connectivity index (χ0v) is 10.5. The van der Waals surface area contributed by atoms with Crippen molar-refractivity contribution in [2.45, 2.75) is 0 Å². The van der Waals surface area contributed by atoms with Crippen LogP contribution in [-0.2, 0) is 0 Å². The number of quaternary nitrogens is 1. The molecule has 0 saturated carbocycles. The molecule has 2 nitrogen and oxygen atoms in total. The van der Waals surface area contributed by atoms with Gasteiger partial charge in [-0.2, -0.15) is 0 Å². The van der Waals surface area contributed by atoms with E-state index in [2.05, 4.69) is 27.2 Å². The van der Waals surface area contributed by atoms with Crippen LogP contribution in [-0.4, -0.2) is 21.1 Å². The van der Waals surface area contributed by atoms with E-state index in [1.165, 1.54) is 0 Å². The van der Waals surface area contributed by atoms with Crippen LogP contribution in [0.5, 0.6) is 5.75 Å². The van der Waals surface area contributed by atoms with Crippen molar-refractivity contribution in [1.29, 1.82) is 0 Å². The molecule has 0 atom stereocenters. The molecule has 0 amide bonds. The molecule has 88 valence electrons. The number of hydrogen-bond acceptors (Lipinski definition) is 1. The summed E-state index contributed by atoms with van der Waals surface area (Å²) >= 11 is 0. The maximum atomic E-state index is 11.9. The first-order chi connectivity index (χ1) is 8.00. The van der Waals surface area contributed by atoms with Crippen molar-refractivity contribution in [2.75, 3.05) is 21.1 Å². The average Bonchev–Trinajstić information content (AvgIpc) is 2.28. The van der Waals surface area contributed by atoms with Gasteiger partial charge < -0.3 is 5.11 Å². The van der Waals surface area contributed by atoms with Crippen molar-refractivity contribution >= 4 is 5.69 Å². The first kappa shape index (κ1) is 11.7. The Labute approximate surface area is 102 Å². The van der Waals surface area contributed by atoms with Crippen molar-refractivity contribution in [3.63, 3.8) is 0 Å². The van der Waals surface area contributed by atoms with Gasteiger partial charge in [-0.1, -0.05) is 36.4 Å². The summed E-state index contributed by atoms with van der Waals surface area (Å²) in [5.41, 5.74) is 2.94. The molecule has 0 aromatic heterocycles. The zero-order chi connectivity index (χ0) is 12.5. The molecule has 2 heteroatoms. The minimum absolute atomic E-state index is 0.0772. The number of benzene rings is 2. The summed E-state index contributed by atoms with van der Waals surface area (Å²) in [6.45, 7) is 0. The lowest BCUT2D eigenvalue weighted by Crippen LogP contribution is -2.35. The van der Waals surface area contributed by atoms with Gasteiger partial charge >= 0.3 is 0 Å². The highest BCUT2D eigenvalue weighted by Crippen LogP contribution is 2.35. The molecule has 0 fully saturated rings. The fourth-order valence-electron chi connectivity index (χ4n) is 1.98. The van der Waals surface area contributed by atoms with E-state index in [0.717, 1.165) is 16.8 Å². The third-order valence-electron chi connectivity index (χ3n) is 2.80. The highest BCUT2D eigenvalue weighted by Gasteiger charge is 2.17. The Hall–Kier alpha value is -1.80. The van der Waals surface area contributed by atoms with Gasteiger partial charge in [-0.3, -0.25) is 4.48 Å². The van der Waals surface area contributed by atoms with Crippen molar-refractivity contribution in [1.82, 2.24) is 4.48 Å². The van der Waals surface area contributed by atoms with Crippen molar-refractivity contribution in [2.24, 2.45) is 0 Å². The van der Waals surface area contributed by atoms with E-state index < -0.39 is 0 Å². The van der Waals surface area contributed by atoms with Crippen LogP contribution in [0.1, 0.15) is 0 Å². The molecule has 0 spiro atoms. The Morgan fingerprint density at radius 1 is 0.765 bits per heavy atom. The maximum Gasteiger partial charge on any atom is 0.140 e. The van der Waals surface area contributed by atoms with Gasteiger partial charge in [0.05, 0.1) is 21.1 Å². The number of para-hydroxylation sites is 2. The highest BCUT2D eigenvalue weighted by molar-refractivity contribution is 5.80. The minimum atomic E-state index is 0.0772. The molecule has 17 heavy (non-hydrogen) atoms. The quantitative estimate of drug-likeness (QED) is 0.723. The molecule has 0 radical (unpaired) electrons. The second-order valence-corrected chi connectivity index (χ2v) is 5.03. The van der Waals surface area contributed by atoms with E-state index in [9.17, 15) is 5.11 Å². The van der Waals surface area contributed by atoms with Gasteiger partial charge in [-0.25, -0.2) is 0 Å². The molecule has 0 bridgehead atoms. The second kappa shape index (κ2) is 4.22. The van der Waals surface area contributed by atoms with Crippen molar-refractivity contribution in [3.8, 4) is 16.9 Å². The van der Waals surface area contributed by atoms with Gasteiger partial charge in [-0.15, -0.1) is 5.75 Å². The molecule has 0 N–H and O–H groups in total. The van der Waals surface area contributed by atoms with Gasteiger partial charge in [-0.05, 0) is 17.7 Å². The average molecular weight is 227 g/mol. The zero-order valence-electron chi connectivity index (χ0n) is 10.5. The molecule has 0 aliphatic carbocycles. The summed E-state index contributed by atoms with van der Waals surface area (Å²) in [7, 11) is 6.31. The molecule has 0 saturated heterocycles. The fraction of sp³-hybridized carbons (Fsp3) is 0.200. The normalized spacial score (nSPS) is 11.5. The Morgan fingerprint density at radius 2 is 1.29 bits per heavy atom. The van der Waals surface area contributed by atoms with Crippen LogP contribution in [0.25, 0.3) is 11.1 Å². The van der Waals surface area contributed by atoms with Gasteiger partial charge in [0.1, 0.15) is 5.69 Å². The summed E-state index contributed by atoms with van der Waals surface area (Å²) in [4.78, 5) is 0. The summed E-state index contributed by atoms with van der Waals surface area (Å²) in [6.07, 6.45) is 0. The smallest absolute Gasteiger partial charge is 0.140 e. The molecule has 2 aromatic carbocycles. The van der Waals surface area contributed by atoms with E-state index in [0.29, 0.717) is 4.48 Å². The molecule has 0 heterocycles. The topological polar surface area (TPSA) is 23.1 Å². The molecular formula is C15H17NO. The molecular weight excluding hydrogens is 210 g/mol. The van der Waals surface area contributed by atoms with E-state index in [-0.39, 0.29) is 5.75 Å². The summed E-state index contributed by atoms with van der Waals surface area (Å²) < 4.78 is 0.699. The van der Waals surface area contributed by atoms with Crippen LogP contribution in [0.15, 0.2) is 48.5 Å². The Bertz CT molecular complexity index is 526. The Kier molecular flexibility index (Phi) is 2.90. The van der Waals surface area contributed by atoms with E-state index in [4.69, 9.17) is 0 Å². The van der Waals surface area contributed by atoms with E-state index in [1.54, 1.807) is 12.1 Å². The van der Waals surface area contributed by atoms with E-state index in [1.807, 2.05) is 30.3 Å². The summed E-state index contributed by atoms with van der Waals surface area (Å²) in [5, 5.41) is 11.9. The first-order valence-corrected chi connectivity index (χ1v) is 5.67. The summed E-state index contributed by atoms with van der Waals surface area (Å²) in [5.74, 6) is 0.0772. The number of rotatable bonds is 2. The maximum absolute atomic E-state index is 11.9. The number of nitrogens with zero attached hydrogens (tertiary/aromatic N) is 1. The molecule has 2 rings (SSSR count). The monoisotopic (exact) mass is 227 g/mol. The predicted molar refractivity (Wildman–Crippen MR) is 70.9 cm³/mol. The molecule has 0 aliphatic heterocycles. The molecule has 2 aromatic rings. The Balaban J connectivity index is 2.65. The standard InChI is InChI=1S/C15H17NO/c1-16(2,3)14-10-6-4-8-12(14)13-9-5-7-11-15(13)17/h4-11H,1-3H3. The SMILES string of the molecule is C[N+](C)(C)c1ccccc1-c1ccccc1[O-]. The van der Waals surface area contributed by atoms with Crippen molar-refractivity contribution < 1.29 is 5.11 Å². The van der Waals surface area contributed by atoms with E-state index >= 15 is 0 Å². The highest BCUT2D eigenvalue weighted by atomic mass is 16.3. The van der Waals surface area contributed by atoms with Gasteiger partial charge in [0, 0.05) is 5.56 Å². The lowest BCUT2D eigenvalue weighted by molar-refractivity contribution is -0.267. The van der Waals surface area contributed by atoms with Crippen LogP contribution >= 0.6 is 0 Å². The lowest BCUT2D eigenvalue weighted by atomic mass is 10.0. The third kappa shape index (κ3) is 2.32. The lowest BCUT2D eigenvalue weighted by Gasteiger charge is -2.27. The van der Waals surface area contributed by atoms with Gasteiger partial charge in [0.15, 0.2) is 0 Å².